The van der Waals surface area contributed by atoms with E-state index in [1.165, 1.54) is 13.0 Å². The van der Waals surface area contributed by atoms with Gasteiger partial charge in [-0.25, -0.2) is 9.18 Å². The normalized spacial score (nSPS) is 9.80. The van der Waals surface area contributed by atoms with Crippen molar-refractivity contribution in [2.45, 2.75) is 6.92 Å². The average molecular weight is 323 g/mol. The van der Waals surface area contributed by atoms with Crippen LogP contribution in [0.4, 0.5) is 10.1 Å². The molecule has 0 atom stereocenters. The molecule has 80 valence electrons. The van der Waals surface area contributed by atoms with E-state index in [0.717, 1.165) is 6.07 Å². The van der Waals surface area contributed by atoms with Crippen LogP contribution in [0.1, 0.15) is 17.3 Å². The number of rotatable bonds is 2. The number of hydrogen-bond donors (Lipinski definition) is 2. The van der Waals surface area contributed by atoms with Gasteiger partial charge in [0.05, 0.1) is 14.8 Å². The van der Waals surface area contributed by atoms with Gasteiger partial charge in [-0.3, -0.25) is 4.79 Å². The minimum atomic E-state index is -1.17. The standard InChI is InChI=1S/C9H7FINO3/c1-4(13)12-7-3-5(9(14)15)2-6(11)8(7)10/h2-3H,1H3,(H,12,13)(H,14,15). The molecule has 1 rings (SSSR count). The summed E-state index contributed by atoms with van der Waals surface area (Å²) in [7, 11) is 0. The zero-order valence-electron chi connectivity index (χ0n) is 7.67. The summed E-state index contributed by atoms with van der Waals surface area (Å²) in [5, 5.41) is 10.9. The van der Waals surface area contributed by atoms with Crippen LogP contribution >= 0.6 is 22.6 Å². The van der Waals surface area contributed by atoms with Gasteiger partial charge in [-0.15, -0.1) is 0 Å². The van der Waals surface area contributed by atoms with Crippen molar-refractivity contribution in [2.75, 3.05) is 5.32 Å². The Balaban J connectivity index is 3.24. The first-order valence-electron chi connectivity index (χ1n) is 3.91. The van der Waals surface area contributed by atoms with Gasteiger partial charge in [0.15, 0.2) is 5.82 Å². The maximum atomic E-state index is 13.4. The van der Waals surface area contributed by atoms with Crippen LogP contribution in [0.15, 0.2) is 12.1 Å². The van der Waals surface area contributed by atoms with E-state index in [2.05, 4.69) is 5.32 Å². The molecule has 0 unspecified atom stereocenters. The summed E-state index contributed by atoms with van der Waals surface area (Å²) < 4.78 is 13.5. The van der Waals surface area contributed by atoms with Gasteiger partial charge in [-0.05, 0) is 34.7 Å². The molecule has 0 bridgehead atoms. The second-order valence-corrected chi connectivity index (χ2v) is 3.97. The van der Waals surface area contributed by atoms with Crippen molar-refractivity contribution in [1.82, 2.24) is 0 Å². The van der Waals surface area contributed by atoms with Gasteiger partial charge in [-0.2, -0.15) is 0 Å². The fraction of sp³-hybridized carbons (Fsp3) is 0.111. The SMILES string of the molecule is CC(=O)Nc1cc(C(=O)O)cc(I)c1F. The van der Waals surface area contributed by atoms with E-state index in [1.54, 1.807) is 22.6 Å². The summed E-state index contributed by atoms with van der Waals surface area (Å²) in [6.07, 6.45) is 0. The summed E-state index contributed by atoms with van der Waals surface area (Å²) >= 11 is 1.67. The first kappa shape index (κ1) is 11.9. The third kappa shape index (κ3) is 2.88. The lowest BCUT2D eigenvalue weighted by Crippen LogP contribution is -2.10. The van der Waals surface area contributed by atoms with E-state index in [1.807, 2.05) is 0 Å². The van der Waals surface area contributed by atoms with Crippen molar-refractivity contribution >= 4 is 40.2 Å². The monoisotopic (exact) mass is 323 g/mol. The van der Waals surface area contributed by atoms with Crippen molar-refractivity contribution < 1.29 is 19.1 Å². The van der Waals surface area contributed by atoms with Crippen LogP contribution < -0.4 is 5.32 Å². The van der Waals surface area contributed by atoms with Gasteiger partial charge in [0.25, 0.3) is 0 Å². The molecule has 0 heterocycles. The highest BCUT2D eigenvalue weighted by molar-refractivity contribution is 14.1. The van der Waals surface area contributed by atoms with Gasteiger partial charge >= 0.3 is 5.97 Å². The van der Waals surface area contributed by atoms with Crippen LogP contribution in [-0.4, -0.2) is 17.0 Å². The van der Waals surface area contributed by atoms with E-state index in [0.29, 0.717) is 0 Å². The zero-order valence-corrected chi connectivity index (χ0v) is 9.83. The van der Waals surface area contributed by atoms with Crippen molar-refractivity contribution in [2.24, 2.45) is 0 Å². The fourth-order valence-corrected chi connectivity index (χ4v) is 1.62. The highest BCUT2D eigenvalue weighted by Crippen LogP contribution is 2.22. The lowest BCUT2D eigenvalue weighted by atomic mass is 10.2. The third-order valence-corrected chi connectivity index (χ3v) is 2.37. The Bertz CT molecular complexity index is 434. The predicted molar refractivity (Wildman–Crippen MR) is 60.4 cm³/mol. The van der Waals surface area contributed by atoms with Gasteiger partial charge < -0.3 is 10.4 Å². The molecule has 0 fully saturated rings. The minimum absolute atomic E-state index is 0.0652. The smallest absolute Gasteiger partial charge is 0.335 e. The Morgan fingerprint density at radius 2 is 2.07 bits per heavy atom. The molecular weight excluding hydrogens is 316 g/mol. The van der Waals surface area contributed by atoms with E-state index in [4.69, 9.17) is 5.11 Å². The summed E-state index contributed by atoms with van der Waals surface area (Å²) in [6, 6.07) is 2.28. The van der Waals surface area contributed by atoms with Crippen molar-refractivity contribution in [1.29, 1.82) is 0 Å². The van der Waals surface area contributed by atoms with Crippen LogP contribution in [0.25, 0.3) is 0 Å². The summed E-state index contributed by atoms with van der Waals surface area (Å²) in [5.74, 6) is -2.25. The Kier molecular flexibility index (Phi) is 3.61. The molecule has 6 heteroatoms. The Morgan fingerprint density at radius 1 is 1.47 bits per heavy atom. The second-order valence-electron chi connectivity index (χ2n) is 2.81. The molecule has 1 aromatic carbocycles. The molecule has 1 amide bonds. The molecule has 0 spiro atoms. The minimum Gasteiger partial charge on any atom is -0.478 e. The first-order valence-corrected chi connectivity index (χ1v) is 4.99. The molecular formula is C9H7FINO3. The molecule has 4 nitrogen and oxygen atoms in total. The highest BCUT2D eigenvalue weighted by Gasteiger charge is 2.13. The quantitative estimate of drug-likeness (QED) is 0.819. The van der Waals surface area contributed by atoms with E-state index >= 15 is 0 Å². The van der Waals surface area contributed by atoms with Gasteiger partial charge in [0.1, 0.15) is 0 Å². The number of aromatic carboxylic acids is 1. The maximum Gasteiger partial charge on any atom is 0.335 e. The number of carbonyl (C=O) groups is 2. The van der Waals surface area contributed by atoms with Crippen LogP contribution in [0.5, 0.6) is 0 Å². The number of benzene rings is 1. The number of amides is 1. The molecule has 15 heavy (non-hydrogen) atoms. The molecule has 0 radical (unpaired) electrons. The Labute approximate surface area is 98.6 Å². The Hall–Kier alpha value is -1.18. The third-order valence-electron chi connectivity index (χ3n) is 1.59. The van der Waals surface area contributed by atoms with Crippen LogP contribution in [0.2, 0.25) is 0 Å². The molecule has 0 aromatic heterocycles. The van der Waals surface area contributed by atoms with Gasteiger partial charge in [-0.1, -0.05) is 0 Å². The number of anilines is 1. The summed E-state index contributed by atoms with van der Waals surface area (Å²) in [5.41, 5.74) is -0.184. The number of hydrogen-bond acceptors (Lipinski definition) is 2. The molecule has 0 saturated heterocycles. The first-order chi connectivity index (χ1) is 6.91. The predicted octanol–water partition coefficient (Wildman–Crippen LogP) is 2.09. The number of nitrogens with one attached hydrogen (secondary N) is 1. The molecule has 2 N–H and O–H groups in total. The number of halogens is 2. The molecule has 0 aliphatic rings. The lowest BCUT2D eigenvalue weighted by molar-refractivity contribution is -0.114. The van der Waals surface area contributed by atoms with Crippen LogP contribution in [0, 0.1) is 9.39 Å². The largest absolute Gasteiger partial charge is 0.478 e. The van der Waals surface area contributed by atoms with Gasteiger partial charge in [0.2, 0.25) is 5.91 Å². The van der Waals surface area contributed by atoms with E-state index in [-0.39, 0.29) is 14.8 Å². The van der Waals surface area contributed by atoms with E-state index < -0.39 is 17.7 Å². The molecule has 1 aromatic rings. The summed E-state index contributed by atoms with van der Waals surface area (Å²) in [4.78, 5) is 21.4. The van der Waals surface area contributed by atoms with Crippen molar-refractivity contribution in [3.63, 3.8) is 0 Å². The average Bonchev–Trinajstić information content (AvgIpc) is 2.11. The molecule has 0 aliphatic carbocycles. The maximum absolute atomic E-state index is 13.4. The zero-order chi connectivity index (χ0) is 11.6. The van der Waals surface area contributed by atoms with Gasteiger partial charge in [0, 0.05) is 6.92 Å². The number of carboxylic acid groups (broad SMARTS) is 1. The van der Waals surface area contributed by atoms with Crippen LogP contribution in [-0.2, 0) is 4.79 Å². The molecule has 0 saturated carbocycles. The Morgan fingerprint density at radius 3 is 2.53 bits per heavy atom. The number of carboxylic acids is 1. The van der Waals surface area contributed by atoms with Crippen LogP contribution in [0.3, 0.4) is 0 Å². The molecule has 0 aliphatic heterocycles. The summed E-state index contributed by atoms with van der Waals surface area (Å²) in [6.45, 7) is 1.22. The highest BCUT2D eigenvalue weighted by atomic mass is 127. The number of carbonyl (C=O) groups excluding carboxylic acids is 1. The second kappa shape index (κ2) is 4.56. The topological polar surface area (TPSA) is 66.4 Å². The van der Waals surface area contributed by atoms with Crippen molar-refractivity contribution in [3.05, 3.63) is 27.1 Å². The fourth-order valence-electron chi connectivity index (χ4n) is 0.993. The van der Waals surface area contributed by atoms with E-state index in [9.17, 15) is 14.0 Å². The lowest BCUT2D eigenvalue weighted by Gasteiger charge is -2.06. The van der Waals surface area contributed by atoms with Crippen molar-refractivity contribution in [3.8, 4) is 0 Å².